The number of hydrogen-bond donors (Lipinski definition) is 1. The average Bonchev–Trinajstić information content (AvgIpc) is 2.47. The van der Waals surface area contributed by atoms with Gasteiger partial charge in [-0.25, -0.2) is 0 Å². The van der Waals surface area contributed by atoms with Crippen LogP contribution in [0.2, 0.25) is 0 Å². The van der Waals surface area contributed by atoms with Crippen LogP contribution in [0.4, 0.5) is 0 Å². The van der Waals surface area contributed by atoms with E-state index in [4.69, 9.17) is 0 Å². The molecule has 0 radical (unpaired) electrons. The summed E-state index contributed by atoms with van der Waals surface area (Å²) in [5.74, 6) is 0.109. The first-order valence-electron chi connectivity index (χ1n) is 4.20. The van der Waals surface area contributed by atoms with Gasteiger partial charge in [0.25, 0.3) is 0 Å². The molecule has 3 nitrogen and oxygen atoms in total. The molecular formula is C9H12N2O. The minimum absolute atomic E-state index is 0.109. The first-order chi connectivity index (χ1) is 5.79. The Bertz CT molecular complexity index is 314. The molecular weight excluding hydrogens is 152 g/mol. The third-order valence-corrected chi connectivity index (χ3v) is 2.28. The van der Waals surface area contributed by atoms with Crippen molar-refractivity contribution in [2.24, 2.45) is 0 Å². The minimum Gasteiger partial charge on any atom is -0.312 e. The lowest BCUT2D eigenvalue weighted by molar-refractivity contribution is 0.0933. The fourth-order valence-electron chi connectivity index (χ4n) is 1.67. The number of nitrogens with zero attached hydrogens (tertiary/aromatic N) is 1. The van der Waals surface area contributed by atoms with Crippen LogP contribution in [-0.4, -0.2) is 17.0 Å². The lowest BCUT2D eigenvalue weighted by atomic mass is 10.1. The number of rotatable bonds is 0. The average molecular weight is 164 g/mol. The van der Waals surface area contributed by atoms with E-state index in [1.807, 2.05) is 12.3 Å². The monoisotopic (exact) mass is 164 g/mol. The van der Waals surface area contributed by atoms with Gasteiger partial charge in [-0.15, -0.1) is 0 Å². The van der Waals surface area contributed by atoms with Crippen LogP contribution in [-0.2, 0) is 13.0 Å². The molecule has 1 aliphatic rings. The number of carbonyl (C=O) groups excluding carboxylic acids is 1. The Morgan fingerprint density at radius 2 is 2.50 bits per heavy atom. The van der Waals surface area contributed by atoms with Crippen molar-refractivity contribution in [1.82, 2.24) is 9.88 Å². The van der Waals surface area contributed by atoms with Crippen LogP contribution in [0.3, 0.4) is 0 Å². The zero-order valence-electron chi connectivity index (χ0n) is 7.13. The van der Waals surface area contributed by atoms with Crippen molar-refractivity contribution >= 4 is 5.91 Å². The van der Waals surface area contributed by atoms with Crippen LogP contribution in [0.1, 0.15) is 23.0 Å². The molecule has 0 aliphatic carbocycles. The van der Waals surface area contributed by atoms with Gasteiger partial charge in [0.2, 0.25) is 5.91 Å². The Kier molecular flexibility index (Phi) is 1.73. The van der Waals surface area contributed by atoms with E-state index in [2.05, 4.69) is 5.32 Å². The number of hydrogen-bond acceptors (Lipinski definition) is 2. The van der Waals surface area contributed by atoms with Crippen LogP contribution in [0.15, 0.2) is 12.3 Å². The zero-order chi connectivity index (χ0) is 8.55. The van der Waals surface area contributed by atoms with Gasteiger partial charge in [-0.05, 0) is 11.6 Å². The Balaban J connectivity index is 2.44. The van der Waals surface area contributed by atoms with Gasteiger partial charge in [-0.2, -0.15) is 0 Å². The highest BCUT2D eigenvalue weighted by molar-refractivity contribution is 5.77. The molecule has 3 heteroatoms. The number of carbonyl (C=O) groups is 1. The maximum absolute atomic E-state index is 11.1. The van der Waals surface area contributed by atoms with E-state index in [1.165, 1.54) is 11.3 Å². The van der Waals surface area contributed by atoms with Crippen molar-refractivity contribution in [3.63, 3.8) is 0 Å². The van der Waals surface area contributed by atoms with E-state index in [-0.39, 0.29) is 5.91 Å². The fraction of sp³-hybridized carbons (Fsp3) is 0.444. The summed E-state index contributed by atoms with van der Waals surface area (Å²) in [7, 11) is 0. The van der Waals surface area contributed by atoms with Gasteiger partial charge in [0.05, 0.1) is 0 Å². The van der Waals surface area contributed by atoms with Crippen LogP contribution < -0.4 is 5.32 Å². The Hall–Kier alpha value is -1.09. The molecule has 0 bridgehead atoms. The lowest BCUT2D eigenvalue weighted by Gasteiger charge is -2.14. The second kappa shape index (κ2) is 2.75. The van der Waals surface area contributed by atoms with Crippen LogP contribution >= 0.6 is 0 Å². The Labute approximate surface area is 71.4 Å². The van der Waals surface area contributed by atoms with Gasteiger partial charge < -0.3 is 5.32 Å². The van der Waals surface area contributed by atoms with Gasteiger partial charge >= 0.3 is 0 Å². The third kappa shape index (κ3) is 1.06. The highest BCUT2D eigenvalue weighted by Gasteiger charge is 2.14. The SMILES string of the molecule is CC(=O)n1ccc2c1CCNC2. The minimum atomic E-state index is 0.109. The highest BCUT2D eigenvalue weighted by atomic mass is 16.1. The second-order valence-corrected chi connectivity index (χ2v) is 3.10. The summed E-state index contributed by atoms with van der Waals surface area (Å²) < 4.78 is 1.75. The van der Waals surface area contributed by atoms with Gasteiger partial charge in [-0.1, -0.05) is 0 Å². The maximum Gasteiger partial charge on any atom is 0.227 e. The molecule has 1 aliphatic heterocycles. The van der Waals surface area contributed by atoms with Crippen molar-refractivity contribution in [3.8, 4) is 0 Å². The topological polar surface area (TPSA) is 34.0 Å². The third-order valence-electron chi connectivity index (χ3n) is 2.28. The summed E-state index contributed by atoms with van der Waals surface area (Å²) in [4.78, 5) is 11.1. The van der Waals surface area contributed by atoms with Crippen molar-refractivity contribution in [3.05, 3.63) is 23.5 Å². The fourth-order valence-corrected chi connectivity index (χ4v) is 1.67. The summed E-state index contributed by atoms with van der Waals surface area (Å²) in [6, 6.07) is 2.02. The van der Waals surface area contributed by atoms with Crippen LogP contribution in [0.5, 0.6) is 0 Å². The van der Waals surface area contributed by atoms with Gasteiger partial charge in [0, 0.05) is 38.3 Å². The molecule has 1 aromatic rings. The normalized spacial score (nSPS) is 15.8. The zero-order valence-corrected chi connectivity index (χ0v) is 7.13. The van der Waals surface area contributed by atoms with E-state index in [0.29, 0.717) is 0 Å². The van der Waals surface area contributed by atoms with Gasteiger partial charge in [-0.3, -0.25) is 9.36 Å². The number of fused-ring (bicyclic) bond motifs is 1. The van der Waals surface area contributed by atoms with Gasteiger partial charge in [0.15, 0.2) is 0 Å². The number of aromatic nitrogens is 1. The van der Waals surface area contributed by atoms with Crippen LogP contribution in [0, 0.1) is 0 Å². The summed E-state index contributed by atoms with van der Waals surface area (Å²) in [5, 5.41) is 3.27. The second-order valence-electron chi connectivity index (χ2n) is 3.10. The quantitative estimate of drug-likeness (QED) is 0.615. The Morgan fingerprint density at radius 1 is 1.67 bits per heavy atom. The van der Waals surface area contributed by atoms with E-state index in [9.17, 15) is 4.79 Å². The largest absolute Gasteiger partial charge is 0.312 e. The molecule has 2 rings (SSSR count). The first-order valence-corrected chi connectivity index (χ1v) is 4.20. The first kappa shape index (κ1) is 7.55. The predicted molar refractivity (Wildman–Crippen MR) is 46.1 cm³/mol. The van der Waals surface area contributed by atoms with E-state index < -0.39 is 0 Å². The highest BCUT2D eigenvalue weighted by Crippen LogP contribution is 2.14. The van der Waals surface area contributed by atoms with Gasteiger partial charge in [0.1, 0.15) is 0 Å². The molecule has 0 unspecified atom stereocenters. The van der Waals surface area contributed by atoms with Crippen molar-refractivity contribution in [2.75, 3.05) is 6.54 Å². The lowest BCUT2D eigenvalue weighted by Crippen LogP contribution is -2.25. The molecule has 0 saturated carbocycles. The molecule has 0 spiro atoms. The van der Waals surface area contributed by atoms with E-state index >= 15 is 0 Å². The summed E-state index contributed by atoms with van der Waals surface area (Å²) in [5.41, 5.74) is 2.44. The van der Waals surface area contributed by atoms with E-state index in [1.54, 1.807) is 11.5 Å². The molecule has 0 aromatic carbocycles. The van der Waals surface area contributed by atoms with Crippen molar-refractivity contribution in [1.29, 1.82) is 0 Å². The molecule has 12 heavy (non-hydrogen) atoms. The smallest absolute Gasteiger partial charge is 0.227 e. The molecule has 0 saturated heterocycles. The van der Waals surface area contributed by atoms with E-state index in [0.717, 1.165) is 19.5 Å². The summed E-state index contributed by atoms with van der Waals surface area (Å²) in [6.45, 7) is 3.47. The van der Waals surface area contributed by atoms with Crippen molar-refractivity contribution < 1.29 is 4.79 Å². The van der Waals surface area contributed by atoms with Crippen molar-refractivity contribution in [2.45, 2.75) is 19.9 Å². The summed E-state index contributed by atoms with van der Waals surface area (Å²) in [6.07, 6.45) is 2.82. The molecule has 0 fully saturated rings. The molecule has 1 aromatic heterocycles. The number of nitrogens with one attached hydrogen (secondary N) is 1. The predicted octanol–water partition coefficient (Wildman–Crippen LogP) is 0.794. The Morgan fingerprint density at radius 3 is 3.25 bits per heavy atom. The molecule has 64 valence electrons. The summed E-state index contributed by atoms with van der Waals surface area (Å²) >= 11 is 0. The van der Waals surface area contributed by atoms with Crippen LogP contribution in [0.25, 0.3) is 0 Å². The molecule has 2 heterocycles. The maximum atomic E-state index is 11.1. The standard InChI is InChI=1S/C9H12N2O/c1-7(12)11-5-3-8-6-10-4-2-9(8)11/h3,5,10H,2,4,6H2,1H3. The molecule has 1 N–H and O–H groups in total. The molecule has 0 amide bonds. The molecule has 0 atom stereocenters.